The fourth-order valence-corrected chi connectivity index (χ4v) is 3.01. The van der Waals surface area contributed by atoms with Gasteiger partial charge in [0.05, 0.1) is 38.4 Å². The predicted molar refractivity (Wildman–Crippen MR) is 72.4 cm³/mol. The Morgan fingerprint density at radius 3 is 3.10 bits per heavy atom. The highest BCUT2D eigenvalue weighted by atomic mass is 16.5. The van der Waals surface area contributed by atoms with Crippen LogP contribution in [0, 0.1) is 0 Å². The van der Waals surface area contributed by atoms with Crippen LogP contribution in [0.2, 0.25) is 0 Å². The van der Waals surface area contributed by atoms with E-state index in [1.807, 2.05) is 12.1 Å². The molecule has 0 saturated carbocycles. The Labute approximate surface area is 118 Å². The largest absolute Gasteiger partial charge is 0.481 e. The second-order valence-corrected chi connectivity index (χ2v) is 5.32. The minimum absolute atomic E-state index is 0.0612. The third kappa shape index (κ3) is 2.85. The summed E-state index contributed by atoms with van der Waals surface area (Å²) >= 11 is 0. The van der Waals surface area contributed by atoms with Gasteiger partial charge in [-0.25, -0.2) is 0 Å². The maximum Gasteiger partial charge on any atom is 0.306 e. The molecule has 1 aromatic carbocycles. The first-order valence-corrected chi connectivity index (χ1v) is 6.97. The molecule has 108 valence electrons. The number of rotatable bonds is 3. The van der Waals surface area contributed by atoms with Crippen molar-refractivity contribution in [1.29, 1.82) is 0 Å². The Kier molecular flexibility index (Phi) is 4.00. The highest BCUT2D eigenvalue weighted by molar-refractivity contribution is 5.67. The van der Waals surface area contributed by atoms with Gasteiger partial charge < -0.3 is 14.6 Å². The SMILES string of the molecule is O=C(O)CC1CN(C2COCc3ccccc32)CCO1. The van der Waals surface area contributed by atoms with Gasteiger partial charge in [-0.2, -0.15) is 0 Å². The number of ether oxygens (including phenoxy) is 2. The number of carboxylic acid groups (broad SMARTS) is 1. The van der Waals surface area contributed by atoms with E-state index < -0.39 is 5.97 Å². The van der Waals surface area contributed by atoms with Crippen LogP contribution in [0.25, 0.3) is 0 Å². The molecule has 0 aromatic heterocycles. The summed E-state index contributed by atoms with van der Waals surface area (Å²) in [6.07, 6.45) is -0.165. The predicted octanol–water partition coefficient (Wildman–Crippen LogP) is 1.43. The van der Waals surface area contributed by atoms with Crippen LogP contribution < -0.4 is 0 Å². The number of morpholine rings is 1. The molecule has 5 nitrogen and oxygen atoms in total. The van der Waals surface area contributed by atoms with Crippen molar-refractivity contribution in [2.45, 2.75) is 25.2 Å². The van der Waals surface area contributed by atoms with Crippen molar-refractivity contribution in [1.82, 2.24) is 4.90 Å². The van der Waals surface area contributed by atoms with Crippen LogP contribution in [-0.2, 0) is 20.9 Å². The average molecular weight is 277 g/mol. The van der Waals surface area contributed by atoms with Crippen LogP contribution in [0.15, 0.2) is 24.3 Å². The van der Waals surface area contributed by atoms with E-state index in [0.717, 1.165) is 6.54 Å². The number of benzene rings is 1. The summed E-state index contributed by atoms with van der Waals surface area (Å²) in [5, 5.41) is 8.90. The lowest BCUT2D eigenvalue weighted by atomic mass is 9.97. The molecular weight excluding hydrogens is 258 g/mol. The molecule has 2 heterocycles. The van der Waals surface area contributed by atoms with E-state index in [-0.39, 0.29) is 18.6 Å². The molecule has 1 fully saturated rings. The lowest BCUT2D eigenvalue weighted by molar-refractivity contribution is -0.143. The molecule has 0 radical (unpaired) electrons. The normalized spacial score (nSPS) is 27.0. The third-order valence-corrected chi connectivity index (χ3v) is 3.96. The summed E-state index contributed by atoms with van der Waals surface area (Å²) in [5.74, 6) is -0.808. The lowest BCUT2D eigenvalue weighted by Crippen LogP contribution is -2.47. The van der Waals surface area contributed by atoms with E-state index in [0.29, 0.717) is 26.4 Å². The number of fused-ring (bicyclic) bond motifs is 1. The Bertz CT molecular complexity index is 491. The molecule has 5 heteroatoms. The number of hydrogen-bond donors (Lipinski definition) is 1. The molecule has 1 saturated heterocycles. The maximum atomic E-state index is 10.8. The van der Waals surface area contributed by atoms with Crippen molar-refractivity contribution in [2.75, 3.05) is 26.3 Å². The minimum Gasteiger partial charge on any atom is -0.481 e. The van der Waals surface area contributed by atoms with Gasteiger partial charge in [0.25, 0.3) is 0 Å². The van der Waals surface area contributed by atoms with Gasteiger partial charge in [-0.1, -0.05) is 24.3 Å². The molecule has 0 aliphatic carbocycles. The van der Waals surface area contributed by atoms with Gasteiger partial charge in [-0.05, 0) is 11.1 Å². The van der Waals surface area contributed by atoms with Gasteiger partial charge in [0.2, 0.25) is 0 Å². The smallest absolute Gasteiger partial charge is 0.306 e. The van der Waals surface area contributed by atoms with Crippen LogP contribution in [0.5, 0.6) is 0 Å². The van der Waals surface area contributed by atoms with Crippen molar-refractivity contribution in [2.24, 2.45) is 0 Å². The third-order valence-electron chi connectivity index (χ3n) is 3.96. The van der Waals surface area contributed by atoms with Gasteiger partial charge in [0, 0.05) is 13.1 Å². The van der Waals surface area contributed by atoms with Gasteiger partial charge >= 0.3 is 5.97 Å². The van der Waals surface area contributed by atoms with E-state index in [1.165, 1.54) is 11.1 Å². The number of carbonyl (C=O) groups is 1. The summed E-state index contributed by atoms with van der Waals surface area (Å²) in [6, 6.07) is 8.52. The van der Waals surface area contributed by atoms with Crippen molar-refractivity contribution < 1.29 is 19.4 Å². The summed E-state index contributed by atoms with van der Waals surface area (Å²) in [6.45, 7) is 3.37. The summed E-state index contributed by atoms with van der Waals surface area (Å²) in [7, 11) is 0. The Balaban J connectivity index is 1.74. The van der Waals surface area contributed by atoms with Crippen molar-refractivity contribution in [3.8, 4) is 0 Å². The molecule has 2 aliphatic rings. The van der Waals surface area contributed by atoms with Crippen LogP contribution in [0.4, 0.5) is 0 Å². The summed E-state index contributed by atoms with van der Waals surface area (Å²) < 4.78 is 11.2. The molecule has 2 unspecified atom stereocenters. The quantitative estimate of drug-likeness (QED) is 0.906. The minimum atomic E-state index is -0.808. The molecule has 2 atom stereocenters. The van der Waals surface area contributed by atoms with E-state index in [1.54, 1.807) is 0 Å². The molecule has 1 N–H and O–H groups in total. The number of nitrogens with zero attached hydrogens (tertiary/aromatic N) is 1. The van der Waals surface area contributed by atoms with Gasteiger partial charge in [-0.3, -0.25) is 9.69 Å². The van der Waals surface area contributed by atoms with Crippen LogP contribution in [0.1, 0.15) is 23.6 Å². The van der Waals surface area contributed by atoms with Gasteiger partial charge in [-0.15, -0.1) is 0 Å². The van der Waals surface area contributed by atoms with Crippen molar-refractivity contribution >= 4 is 5.97 Å². The van der Waals surface area contributed by atoms with Gasteiger partial charge in [0.15, 0.2) is 0 Å². The molecule has 0 amide bonds. The Morgan fingerprint density at radius 2 is 2.25 bits per heavy atom. The van der Waals surface area contributed by atoms with E-state index in [2.05, 4.69) is 17.0 Å². The molecule has 20 heavy (non-hydrogen) atoms. The molecule has 0 bridgehead atoms. The fraction of sp³-hybridized carbons (Fsp3) is 0.533. The zero-order valence-corrected chi connectivity index (χ0v) is 11.3. The molecule has 2 aliphatic heterocycles. The van der Waals surface area contributed by atoms with Crippen LogP contribution in [0.3, 0.4) is 0 Å². The summed E-state index contributed by atoms with van der Waals surface area (Å²) in [4.78, 5) is 13.1. The highest BCUT2D eigenvalue weighted by Gasteiger charge is 2.31. The Hall–Kier alpha value is -1.43. The van der Waals surface area contributed by atoms with E-state index in [4.69, 9.17) is 14.6 Å². The molecule has 1 aromatic rings. The monoisotopic (exact) mass is 277 g/mol. The first kappa shape index (κ1) is 13.5. The van der Waals surface area contributed by atoms with E-state index >= 15 is 0 Å². The molecule has 3 rings (SSSR count). The molecular formula is C15H19NO4. The van der Waals surface area contributed by atoms with Crippen molar-refractivity contribution in [3.63, 3.8) is 0 Å². The second kappa shape index (κ2) is 5.91. The summed E-state index contributed by atoms with van der Waals surface area (Å²) in [5.41, 5.74) is 2.53. The van der Waals surface area contributed by atoms with Crippen molar-refractivity contribution in [3.05, 3.63) is 35.4 Å². The van der Waals surface area contributed by atoms with Gasteiger partial charge in [0.1, 0.15) is 0 Å². The zero-order chi connectivity index (χ0) is 13.9. The standard InChI is InChI=1S/C15H19NO4/c17-15(18)7-12-8-16(5-6-20-12)14-10-19-9-11-3-1-2-4-13(11)14/h1-4,12,14H,5-10H2,(H,17,18). The van der Waals surface area contributed by atoms with Crippen LogP contribution >= 0.6 is 0 Å². The fourth-order valence-electron chi connectivity index (χ4n) is 3.01. The number of aliphatic carboxylic acids is 1. The lowest BCUT2D eigenvalue weighted by Gasteiger charge is -2.40. The maximum absolute atomic E-state index is 10.8. The highest BCUT2D eigenvalue weighted by Crippen LogP contribution is 2.30. The van der Waals surface area contributed by atoms with Crippen LogP contribution in [-0.4, -0.2) is 48.4 Å². The Morgan fingerprint density at radius 1 is 1.40 bits per heavy atom. The zero-order valence-electron chi connectivity index (χ0n) is 11.3. The average Bonchev–Trinajstić information content (AvgIpc) is 2.46. The first-order valence-electron chi connectivity index (χ1n) is 6.97. The van der Waals surface area contributed by atoms with E-state index in [9.17, 15) is 4.79 Å². The molecule has 0 spiro atoms. The number of hydrogen-bond acceptors (Lipinski definition) is 4. The topological polar surface area (TPSA) is 59.0 Å². The first-order chi connectivity index (χ1) is 9.74. The second-order valence-electron chi connectivity index (χ2n) is 5.32. The number of carboxylic acids is 1.